The molecule has 0 N–H and O–H groups in total. The number of carbonyl (C=O) groups is 2. The van der Waals surface area contributed by atoms with E-state index in [0.717, 1.165) is 17.7 Å². The van der Waals surface area contributed by atoms with Crippen molar-refractivity contribution in [3.05, 3.63) is 58.9 Å². The highest BCUT2D eigenvalue weighted by Gasteiger charge is 2.24. The Labute approximate surface area is 164 Å². The molecular weight excluding hydrogens is 356 g/mol. The van der Waals surface area contributed by atoms with Gasteiger partial charge in [-0.15, -0.1) is 0 Å². The van der Waals surface area contributed by atoms with E-state index in [2.05, 4.69) is 4.98 Å². The zero-order valence-corrected chi connectivity index (χ0v) is 16.0. The van der Waals surface area contributed by atoms with Gasteiger partial charge in [-0.1, -0.05) is 12.5 Å². The summed E-state index contributed by atoms with van der Waals surface area (Å²) in [4.78, 5) is 31.4. The standard InChI is InChI=1S/C22H24N2O4/c1-27-22(26)18-10-17(11-19(12-18)28-14-15-4-2-5-15)21(25)24-9-7-20-16(13-24)6-3-8-23-20/h3,6,8,10-12,15H,2,4-5,7,9,13-14H2,1H3. The number of aromatic nitrogens is 1. The molecule has 1 aromatic carbocycles. The van der Waals surface area contributed by atoms with E-state index in [-0.39, 0.29) is 5.91 Å². The third-order valence-electron chi connectivity index (χ3n) is 5.54. The minimum Gasteiger partial charge on any atom is -0.493 e. The third-order valence-corrected chi connectivity index (χ3v) is 5.54. The molecule has 1 amide bonds. The van der Waals surface area contributed by atoms with Gasteiger partial charge in [-0.25, -0.2) is 4.79 Å². The zero-order valence-electron chi connectivity index (χ0n) is 16.0. The number of amides is 1. The maximum absolute atomic E-state index is 13.1. The van der Waals surface area contributed by atoms with Crippen LogP contribution in [0.5, 0.6) is 5.75 Å². The summed E-state index contributed by atoms with van der Waals surface area (Å²) < 4.78 is 10.7. The van der Waals surface area contributed by atoms with E-state index >= 15 is 0 Å². The molecule has 2 heterocycles. The van der Waals surface area contributed by atoms with Gasteiger partial charge in [-0.2, -0.15) is 0 Å². The van der Waals surface area contributed by atoms with E-state index in [1.54, 1.807) is 29.3 Å². The van der Waals surface area contributed by atoms with Crippen LogP contribution in [0.15, 0.2) is 36.5 Å². The molecule has 1 aliphatic heterocycles. The number of rotatable bonds is 5. The van der Waals surface area contributed by atoms with Gasteiger partial charge in [0.25, 0.3) is 5.91 Å². The van der Waals surface area contributed by atoms with E-state index in [1.165, 1.54) is 26.4 Å². The van der Waals surface area contributed by atoms with E-state index in [9.17, 15) is 9.59 Å². The van der Waals surface area contributed by atoms with Crippen LogP contribution >= 0.6 is 0 Å². The average molecular weight is 380 g/mol. The lowest BCUT2D eigenvalue weighted by Gasteiger charge is -2.28. The SMILES string of the molecule is COC(=O)c1cc(OCC2CCC2)cc(C(=O)N2CCc3ncccc3C2)c1. The number of benzene rings is 1. The molecule has 6 nitrogen and oxygen atoms in total. The first-order chi connectivity index (χ1) is 13.6. The highest BCUT2D eigenvalue weighted by Crippen LogP contribution is 2.28. The molecule has 1 fully saturated rings. The van der Waals surface area contributed by atoms with Gasteiger partial charge < -0.3 is 14.4 Å². The van der Waals surface area contributed by atoms with Crippen LogP contribution in [0.4, 0.5) is 0 Å². The largest absolute Gasteiger partial charge is 0.493 e. The molecule has 1 saturated carbocycles. The number of carbonyl (C=O) groups excluding carboxylic acids is 2. The second kappa shape index (κ2) is 8.00. The van der Waals surface area contributed by atoms with E-state index < -0.39 is 5.97 Å². The Morgan fingerprint density at radius 3 is 2.79 bits per heavy atom. The maximum atomic E-state index is 13.1. The van der Waals surface area contributed by atoms with Crippen LogP contribution in [0.1, 0.15) is 51.2 Å². The van der Waals surface area contributed by atoms with Gasteiger partial charge in [0.1, 0.15) is 5.75 Å². The fourth-order valence-corrected chi connectivity index (χ4v) is 3.64. The molecule has 0 atom stereocenters. The summed E-state index contributed by atoms with van der Waals surface area (Å²) in [6.07, 6.45) is 6.09. The van der Waals surface area contributed by atoms with Crippen molar-refractivity contribution >= 4 is 11.9 Å². The minimum absolute atomic E-state index is 0.117. The fraction of sp³-hybridized carbons (Fsp3) is 0.409. The molecular formula is C22H24N2O4. The average Bonchev–Trinajstić information content (AvgIpc) is 2.71. The highest BCUT2D eigenvalue weighted by molar-refractivity contribution is 5.98. The van der Waals surface area contributed by atoms with Crippen LogP contribution in [-0.4, -0.2) is 42.0 Å². The van der Waals surface area contributed by atoms with Gasteiger partial charge >= 0.3 is 5.97 Å². The van der Waals surface area contributed by atoms with Gasteiger partial charge in [0.2, 0.25) is 0 Å². The van der Waals surface area contributed by atoms with Gasteiger partial charge in [0, 0.05) is 37.0 Å². The van der Waals surface area contributed by atoms with Crippen LogP contribution < -0.4 is 4.74 Å². The monoisotopic (exact) mass is 380 g/mol. The van der Waals surface area contributed by atoms with Gasteiger partial charge in [0.15, 0.2) is 0 Å². The Kier molecular flexibility index (Phi) is 5.28. The molecule has 4 rings (SSSR count). The first-order valence-electron chi connectivity index (χ1n) is 9.72. The summed E-state index contributed by atoms with van der Waals surface area (Å²) in [5, 5.41) is 0. The van der Waals surface area contributed by atoms with Crippen molar-refractivity contribution in [1.82, 2.24) is 9.88 Å². The number of pyridine rings is 1. The van der Waals surface area contributed by atoms with Crippen LogP contribution in [-0.2, 0) is 17.7 Å². The van der Waals surface area contributed by atoms with Crippen molar-refractivity contribution in [3.63, 3.8) is 0 Å². The third kappa shape index (κ3) is 3.86. The van der Waals surface area contributed by atoms with Crippen molar-refractivity contribution in [2.45, 2.75) is 32.2 Å². The maximum Gasteiger partial charge on any atom is 0.338 e. The highest BCUT2D eigenvalue weighted by atomic mass is 16.5. The Bertz CT molecular complexity index is 892. The lowest BCUT2D eigenvalue weighted by molar-refractivity contribution is 0.0600. The first-order valence-corrected chi connectivity index (χ1v) is 9.72. The molecule has 0 radical (unpaired) electrons. The smallest absolute Gasteiger partial charge is 0.338 e. The summed E-state index contributed by atoms with van der Waals surface area (Å²) in [6, 6.07) is 8.85. The van der Waals surface area contributed by atoms with Crippen molar-refractivity contribution < 1.29 is 19.1 Å². The van der Waals surface area contributed by atoms with Gasteiger partial charge in [-0.05, 0) is 48.6 Å². The van der Waals surface area contributed by atoms with Crippen molar-refractivity contribution in [2.75, 3.05) is 20.3 Å². The van der Waals surface area contributed by atoms with E-state index in [0.29, 0.717) is 42.5 Å². The molecule has 1 aliphatic carbocycles. The van der Waals surface area contributed by atoms with E-state index in [1.807, 2.05) is 12.1 Å². The van der Waals surface area contributed by atoms with E-state index in [4.69, 9.17) is 9.47 Å². The minimum atomic E-state index is -0.476. The molecule has 0 unspecified atom stereocenters. The van der Waals surface area contributed by atoms with Crippen LogP contribution in [0.2, 0.25) is 0 Å². The predicted octanol–water partition coefficient (Wildman–Crippen LogP) is 3.25. The van der Waals surface area contributed by atoms with Crippen molar-refractivity contribution in [2.24, 2.45) is 5.92 Å². The van der Waals surface area contributed by atoms with Gasteiger partial charge in [-0.3, -0.25) is 9.78 Å². The topological polar surface area (TPSA) is 68.7 Å². The molecule has 28 heavy (non-hydrogen) atoms. The number of esters is 1. The Morgan fingerprint density at radius 2 is 2.04 bits per heavy atom. The van der Waals surface area contributed by atoms with Crippen LogP contribution in [0.25, 0.3) is 0 Å². The molecule has 2 aromatic rings. The summed E-state index contributed by atoms with van der Waals surface area (Å²) in [6.45, 7) is 1.73. The summed E-state index contributed by atoms with van der Waals surface area (Å²) >= 11 is 0. The molecule has 146 valence electrons. The number of ether oxygens (including phenoxy) is 2. The number of fused-ring (bicyclic) bond motifs is 1. The molecule has 0 saturated heterocycles. The molecule has 1 aromatic heterocycles. The molecule has 0 bridgehead atoms. The quantitative estimate of drug-likeness (QED) is 0.745. The van der Waals surface area contributed by atoms with Crippen LogP contribution in [0.3, 0.4) is 0 Å². The van der Waals surface area contributed by atoms with Gasteiger partial charge in [0.05, 0.1) is 19.3 Å². The Hall–Kier alpha value is -2.89. The van der Waals surface area contributed by atoms with Crippen molar-refractivity contribution in [1.29, 1.82) is 0 Å². The predicted molar refractivity (Wildman–Crippen MR) is 103 cm³/mol. The molecule has 2 aliphatic rings. The normalized spacial score (nSPS) is 16.1. The number of hydrogen-bond donors (Lipinski definition) is 0. The second-order valence-electron chi connectivity index (χ2n) is 7.43. The number of hydrogen-bond acceptors (Lipinski definition) is 5. The Balaban J connectivity index is 1.56. The fourth-order valence-electron chi connectivity index (χ4n) is 3.64. The summed E-state index contributed by atoms with van der Waals surface area (Å²) in [7, 11) is 1.33. The molecule has 6 heteroatoms. The lowest BCUT2D eigenvalue weighted by Crippen LogP contribution is -2.36. The first kappa shape index (κ1) is 18.5. The van der Waals surface area contributed by atoms with Crippen LogP contribution in [0, 0.1) is 5.92 Å². The second-order valence-corrected chi connectivity index (χ2v) is 7.43. The number of methoxy groups -OCH3 is 1. The Morgan fingerprint density at radius 1 is 1.21 bits per heavy atom. The summed E-state index contributed by atoms with van der Waals surface area (Å²) in [5.74, 6) is 0.509. The zero-order chi connectivity index (χ0) is 19.5. The summed E-state index contributed by atoms with van der Waals surface area (Å²) in [5.41, 5.74) is 2.88. The lowest BCUT2D eigenvalue weighted by atomic mass is 9.86. The molecule has 0 spiro atoms. The number of nitrogens with zero attached hydrogens (tertiary/aromatic N) is 2. The van der Waals surface area contributed by atoms with Crippen molar-refractivity contribution in [3.8, 4) is 5.75 Å².